The average Bonchev–Trinajstić information content (AvgIpc) is 4.05. The number of piperidine rings is 1. The Morgan fingerprint density at radius 3 is 2.24 bits per heavy atom. The zero-order valence-corrected chi connectivity index (χ0v) is 39.2. The van der Waals surface area contributed by atoms with Crippen molar-refractivity contribution in [3.05, 3.63) is 35.9 Å². The molecule has 3 fully saturated rings. The van der Waals surface area contributed by atoms with Crippen LogP contribution < -0.4 is 16.5 Å². The van der Waals surface area contributed by atoms with Crippen molar-refractivity contribution >= 4 is 35.5 Å². The van der Waals surface area contributed by atoms with Crippen LogP contribution in [0.1, 0.15) is 111 Å². The van der Waals surface area contributed by atoms with Crippen molar-refractivity contribution in [1.82, 2.24) is 25.3 Å². The van der Waals surface area contributed by atoms with Gasteiger partial charge >= 0.3 is 5.97 Å². The van der Waals surface area contributed by atoms with Gasteiger partial charge in [-0.05, 0) is 68.3 Å². The molecule has 5 amide bonds. The molecular weight excluding hydrogens is 809 g/mol. The van der Waals surface area contributed by atoms with E-state index in [-0.39, 0.29) is 60.3 Å². The molecule has 0 aromatic heterocycles. The molecule has 1 aromatic rings. The van der Waals surface area contributed by atoms with E-state index in [4.69, 9.17) is 20.1 Å². The van der Waals surface area contributed by atoms with Gasteiger partial charge in [0.05, 0.1) is 50.3 Å². The van der Waals surface area contributed by atoms with E-state index in [1.165, 1.54) is 14.2 Å². The summed E-state index contributed by atoms with van der Waals surface area (Å²) in [4.78, 5) is 93.0. The summed E-state index contributed by atoms with van der Waals surface area (Å²) in [5.41, 5.74) is 0.866. The molecule has 354 valence electrons. The van der Waals surface area contributed by atoms with Crippen LogP contribution in [0.5, 0.6) is 0 Å². The van der Waals surface area contributed by atoms with Crippen LogP contribution in [-0.4, -0.2) is 140 Å². The fourth-order valence-corrected chi connectivity index (χ4v) is 10.2. The molecule has 2 saturated heterocycles. The number of fused-ring (bicyclic) bond motifs is 2. The number of likely N-dealkylation sites (tertiary alicyclic amines) is 2. The summed E-state index contributed by atoms with van der Waals surface area (Å²) in [6.07, 6.45) is 5.96. The standard InChI is InChI=1S/C47H76N6O10/c1-10-30(4)41(51(6)46(58)40(29(2)3)50-45(57)42-33-22-23-34(27-33)53(42)38(54)21-15-12-16-25-63-48)37(60-7)28-39(55)52-24-17-20-36(52)43(61-8)31(5)44(56)49-35(47(59)62-9)26-32-18-13-11-14-19-32/h11,13-14,18-19,29-31,33-37,40-43H,10,12,15-17,20-28,48H2,1-9H3,(H,49,56)(H,50,57)/t30-,31+,33-,34+,35?,36?,37+,40?,41-,42-,43+/m0/s1. The number of nitrogens with two attached hydrogens (primary N) is 1. The van der Waals surface area contributed by atoms with Crippen LogP contribution in [0.15, 0.2) is 30.3 Å². The van der Waals surface area contributed by atoms with Crippen LogP contribution in [0.3, 0.4) is 0 Å². The molecule has 1 aromatic carbocycles. The third kappa shape index (κ3) is 13.0. The Bertz CT molecular complexity index is 1670. The van der Waals surface area contributed by atoms with Crippen LogP contribution in [0.4, 0.5) is 0 Å². The van der Waals surface area contributed by atoms with Crippen molar-refractivity contribution < 1.29 is 47.8 Å². The van der Waals surface area contributed by atoms with E-state index in [9.17, 15) is 28.8 Å². The Kier molecular flexibility index (Phi) is 20.3. The molecule has 63 heavy (non-hydrogen) atoms. The van der Waals surface area contributed by atoms with E-state index < -0.39 is 60.2 Å². The van der Waals surface area contributed by atoms with Gasteiger partial charge in [-0.2, -0.15) is 0 Å². The van der Waals surface area contributed by atoms with Crippen molar-refractivity contribution in [2.45, 2.75) is 160 Å². The molecule has 2 aliphatic heterocycles. The van der Waals surface area contributed by atoms with Crippen LogP contribution in [0.2, 0.25) is 0 Å². The molecule has 0 spiro atoms. The Morgan fingerprint density at radius 2 is 1.62 bits per heavy atom. The van der Waals surface area contributed by atoms with Gasteiger partial charge in [-0.1, -0.05) is 77.8 Å². The molecule has 3 unspecified atom stereocenters. The van der Waals surface area contributed by atoms with E-state index in [1.54, 1.807) is 35.8 Å². The number of nitrogens with one attached hydrogen (secondary N) is 2. The van der Waals surface area contributed by atoms with Gasteiger partial charge in [-0.25, -0.2) is 10.7 Å². The van der Waals surface area contributed by atoms with E-state index >= 15 is 0 Å². The number of unbranched alkanes of at least 4 members (excludes halogenated alkanes) is 2. The Hall–Kier alpha value is -4.12. The molecule has 1 aliphatic carbocycles. The number of benzene rings is 1. The summed E-state index contributed by atoms with van der Waals surface area (Å²) in [5.74, 6) is 2.33. The van der Waals surface area contributed by atoms with Crippen LogP contribution >= 0.6 is 0 Å². The van der Waals surface area contributed by atoms with Gasteiger partial charge in [0.2, 0.25) is 29.5 Å². The fourth-order valence-electron chi connectivity index (χ4n) is 10.2. The summed E-state index contributed by atoms with van der Waals surface area (Å²) in [6, 6.07) is 6.03. The van der Waals surface area contributed by atoms with E-state index in [1.807, 2.05) is 58.0 Å². The van der Waals surface area contributed by atoms with Gasteiger partial charge < -0.3 is 44.4 Å². The number of likely N-dealkylation sites (N-methyl/N-ethyl adjacent to an activating group) is 1. The third-order valence-corrected chi connectivity index (χ3v) is 13.9. The highest BCUT2D eigenvalue weighted by Crippen LogP contribution is 2.43. The number of hydrogen-bond acceptors (Lipinski definition) is 11. The van der Waals surface area contributed by atoms with Gasteiger partial charge in [0.25, 0.3) is 0 Å². The smallest absolute Gasteiger partial charge is 0.328 e. The van der Waals surface area contributed by atoms with Crippen molar-refractivity contribution in [2.24, 2.45) is 29.6 Å². The molecule has 16 nitrogen and oxygen atoms in total. The maximum absolute atomic E-state index is 14.6. The largest absolute Gasteiger partial charge is 0.467 e. The lowest BCUT2D eigenvalue weighted by atomic mass is 9.89. The van der Waals surface area contributed by atoms with Crippen molar-refractivity contribution in [1.29, 1.82) is 0 Å². The van der Waals surface area contributed by atoms with Gasteiger partial charge in [-0.15, -0.1) is 0 Å². The normalized spacial score (nSPS) is 22.8. The Labute approximate surface area is 374 Å². The minimum atomic E-state index is -0.908. The second-order valence-electron chi connectivity index (χ2n) is 18.2. The molecular formula is C47H76N6O10. The summed E-state index contributed by atoms with van der Waals surface area (Å²) < 4.78 is 17.0. The summed E-state index contributed by atoms with van der Waals surface area (Å²) in [5, 5.41) is 5.94. The maximum Gasteiger partial charge on any atom is 0.328 e. The molecule has 2 heterocycles. The van der Waals surface area contributed by atoms with Crippen LogP contribution in [0, 0.1) is 23.7 Å². The van der Waals surface area contributed by atoms with Crippen LogP contribution in [-0.2, 0) is 54.2 Å². The Balaban J connectivity index is 1.46. The van der Waals surface area contributed by atoms with Gasteiger partial charge in [0, 0.05) is 46.7 Å². The highest BCUT2D eigenvalue weighted by atomic mass is 16.6. The molecule has 11 atom stereocenters. The summed E-state index contributed by atoms with van der Waals surface area (Å²) >= 11 is 0. The number of nitrogens with zero attached hydrogens (tertiary/aromatic N) is 3. The van der Waals surface area contributed by atoms with Crippen molar-refractivity contribution in [3.8, 4) is 0 Å². The first-order chi connectivity index (χ1) is 30.1. The monoisotopic (exact) mass is 885 g/mol. The second-order valence-corrected chi connectivity index (χ2v) is 18.2. The Morgan fingerprint density at radius 1 is 0.905 bits per heavy atom. The van der Waals surface area contributed by atoms with Gasteiger partial charge in [0.15, 0.2) is 0 Å². The second kappa shape index (κ2) is 24.8. The van der Waals surface area contributed by atoms with Gasteiger partial charge in [-0.3, -0.25) is 24.0 Å². The minimum Gasteiger partial charge on any atom is -0.467 e. The van der Waals surface area contributed by atoms with Crippen molar-refractivity contribution in [3.63, 3.8) is 0 Å². The summed E-state index contributed by atoms with van der Waals surface area (Å²) in [7, 11) is 6.05. The van der Waals surface area contributed by atoms with Gasteiger partial charge in [0.1, 0.15) is 18.1 Å². The number of methoxy groups -OCH3 is 3. The SMILES string of the molecule is CC[C@H](C)[C@@H]([C@@H](CC(=O)N1CCCC1[C@H](OC)[C@@H](C)C(=O)NC(Cc1ccccc1)C(=O)OC)OC)N(C)C(=O)C(NC(=O)[C@@H]1[C@H]2CC[C@H](C2)N1C(=O)CCCCCON)C(C)C. The number of ether oxygens (including phenoxy) is 3. The zero-order valence-electron chi connectivity index (χ0n) is 39.2. The summed E-state index contributed by atoms with van der Waals surface area (Å²) in [6.45, 7) is 10.5. The topological polar surface area (TPSA) is 199 Å². The highest BCUT2D eigenvalue weighted by molar-refractivity contribution is 5.93. The van der Waals surface area contributed by atoms with E-state index in [2.05, 4.69) is 15.5 Å². The highest BCUT2D eigenvalue weighted by Gasteiger charge is 2.52. The third-order valence-electron chi connectivity index (χ3n) is 13.9. The van der Waals surface area contributed by atoms with Crippen molar-refractivity contribution in [2.75, 3.05) is 41.5 Å². The van der Waals surface area contributed by atoms with E-state index in [0.717, 1.165) is 37.7 Å². The lowest BCUT2D eigenvalue weighted by Crippen LogP contribution is -2.60. The number of esters is 1. The first-order valence-corrected chi connectivity index (χ1v) is 23.1. The maximum atomic E-state index is 14.6. The average molecular weight is 885 g/mol. The predicted molar refractivity (Wildman–Crippen MR) is 237 cm³/mol. The molecule has 3 aliphatic rings. The molecule has 1 saturated carbocycles. The number of carbonyl (C=O) groups excluding carboxylic acids is 6. The quantitative estimate of drug-likeness (QED) is 0.0734. The van der Waals surface area contributed by atoms with Crippen LogP contribution in [0.25, 0.3) is 0 Å². The molecule has 0 radical (unpaired) electrons. The van der Waals surface area contributed by atoms with E-state index in [0.29, 0.717) is 45.3 Å². The minimum absolute atomic E-state index is 0.0230. The molecule has 4 rings (SSSR count). The lowest BCUT2D eigenvalue weighted by Gasteiger charge is -2.41. The number of hydrogen-bond donors (Lipinski definition) is 3. The number of carbonyl (C=O) groups is 6. The molecule has 4 N–H and O–H groups in total. The first kappa shape index (κ1) is 51.5. The molecule has 16 heteroatoms. The zero-order chi connectivity index (χ0) is 46.4. The number of amides is 5. The number of rotatable bonds is 25. The first-order valence-electron chi connectivity index (χ1n) is 23.1. The fraction of sp³-hybridized carbons (Fsp3) is 0.745. The predicted octanol–water partition coefficient (Wildman–Crippen LogP) is 3.78. The molecule has 2 bridgehead atoms. The lowest BCUT2D eigenvalue weighted by molar-refractivity contribution is -0.149.